The fraction of sp³-hybridized carbons (Fsp3) is 0.588. The van der Waals surface area contributed by atoms with Crippen LogP contribution < -0.4 is 0 Å². The molecule has 5 nitrogen and oxygen atoms in total. The largest absolute Gasteiger partial charge is 0.460 e. The predicted octanol–water partition coefficient (Wildman–Crippen LogP) is 2.52. The minimum atomic E-state index is -0.517. The Labute approximate surface area is 132 Å². The van der Waals surface area contributed by atoms with Crippen molar-refractivity contribution in [3.05, 3.63) is 35.9 Å². The molecule has 5 heteroatoms. The quantitative estimate of drug-likeness (QED) is 0.431. The highest BCUT2D eigenvalue weighted by Crippen LogP contribution is 2.12. The van der Waals surface area contributed by atoms with Crippen molar-refractivity contribution in [2.45, 2.75) is 39.4 Å². The highest BCUT2D eigenvalue weighted by molar-refractivity contribution is 5.70. The van der Waals surface area contributed by atoms with Gasteiger partial charge in [0.2, 0.25) is 0 Å². The van der Waals surface area contributed by atoms with Crippen LogP contribution in [0.25, 0.3) is 0 Å². The van der Waals surface area contributed by atoms with Crippen molar-refractivity contribution in [1.29, 1.82) is 0 Å². The molecule has 0 aliphatic heterocycles. The molecule has 0 aromatic heterocycles. The average Bonchev–Trinajstić information content (AvgIpc) is 2.44. The fourth-order valence-electron chi connectivity index (χ4n) is 1.80. The van der Waals surface area contributed by atoms with Gasteiger partial charge in [-0.25, -0.2) is 0 Å². The van der Waals surface area contributed by atoms with E-state index < -0.39 is 5.60 Å². The molecular formula is C17H26O5. The van der Waals surface area contributed by atoms with Gasteiger partial charge in [0.05, 0.1) is 19.6 Å². The first-order valence-corrected chi connectivity index (χ1v) is 7.43. The zero-order chi connectivity index (χ0) is 16.4. The summed E-state index contributed by atoms with van der Waals surface area (Å²) in [6.45, 7) is 6.16. The van der Waals surface area contributed by atoms with E-state index in [1.807, 2.05) is 51.1 Å². The van der Waals surface area contributed by atoms with Crippen molar-refractivity contribution >= 4 is 5.97 Å². The molecular weight excluding hydrogens is 284 g/mol. The molecule has 0 radical (unpaired) electrons. The second-order valence-corrected chi connectivity index (χ2v) is 6.16. The summed E-state index contributed by atoms with van der Waals surface area (Å²) in [5.41, 5.74) is 0.551. The van der Waals surface area contributed by atoms with E-state index >= 15 is 0 Å². The SMILES string of the molecule is CC(C)(C)OC(=O)C[C@@H](CO)COCOCc1ccccc1. The number of carbonyl (C=O) groups excluding carboxylic acids is 1. The van der Waals surface area contributed by atoms with Crippen molar-refractivity contribution in [2.24, 2.45) is 5.92 Å². The predicted molar refractivity (Wildman–Crippen MR) is 83.1 cm³/mol. The Morgan fingerprint density at radius 3 is 2.45 bits per heavy atom. The van der Waals surface area contributed by atoms with Crippen LogP contribution in [0.15, 0.2) is 30.3 Å². The standard InChI is InChI=1S/C17H26O5/c1-17(2,3)22-16(19)9-15(10-18)12-21-13-20-11-14-7-5-4-6-8-14/h4-8,15,18H,9-13H2,1-3H3/t15-/m0/s1. The lowest BCUT2D eigenvalue weighted by Crippen LogP contribution is -2.27. The molecule has 1 N–H and O–H groups in total. The van der Waals surface area contributed by atoms with Gasteiger partial charge in [-0.3, -0.25) is 4.79 Å². The second-order valence-electron chi connectivity index (χ2n) is 6.16. The topological polar surface area (TPSA) is 65.0 Å². The highest BCUT2D eigenvalue weighted by atomic mass is 16.7. The van der Waals surface area contributed by atoms with Crippen LogP contribution in [0.1, 0.15) is 32.8 Å². The Kier molecular flexibility index (Phi) is 8.09. The molecule has 0 fully saturated rings. The summed E-state index contributed by atoms with van der Waals surface area (Å²) < 4.78 is 15.9. The van der Waals surface area contributed by atoms with Crippen molar-refractivity contribution < 1.29 is 24.1 Å². The number of aliphatic hydroxyl groups excluding tert-OH is 1. The van der Waals surface area contributed by atoms with Gasteiger partial charge in [-0.2, -0.15) is 0 Å². The van der Waals surface area contributed by atoms with E-state index in [4.69, 9.17) is 14.2 Å². The van der Waals surface area contributed by atoms with E-state index in [0.717, 1.165) is 5.56 Å². The molecule has 124 valence electrons. The van der Waals surface area contributed by atoms with Crippen LogP contribution in [0.3, 0.4) is 0 Å². The minimum Gasteiger partial charge on any atom is -0.460 e. The third-order valence-corrected chi connectivity index (χ3v) is 2.77. The first-order chi connectivity index (χ1) is 10.4. The molecule has 1 aromatic carbocycles. The van der Waals surface area contributed by atoms with Crippen LogP contribution >= 0.6 is 0 Å². The van der Waals surface area contributed by atoms with Gasteiger partial charge >= 0.3 is 5.97 Å². The van der Waals surface area contributed by atoms with E-state index in [2.05, 4.69) is 0 Å². The van der Waals surface area contributed by atoms with Gasteiger partial charge in [0, 0.05) is 12.5 Å². The molecule has 1 aromatic rings. The molecule has 1 rings (SSSR count). The maximum atomic E-state index is 11.7. The zero-order valence-electron chi connectivity index (χ0n) is 13.6. The molecule has 1 atom stereocenters. The molecule has 0 bridgehead atoms. The van der Waals surface area contributed by atoms with Crippen LogP contribution in [0.2, 0.25) is 0 Å². The van der Waals surface area contributed by atoms with Gasteiger partial charge in [-0.05, 0) is 26.3 Å². The molecule has 0 spiro atoms. The van der Waals surface area contributed by atoms with Crippen molar-refractivity contribution in [1.82, 2.24) is 0 Å². The molecule has 0 saturated carbocycles. The van der Waals surface area contributed by atoms with Gasteiger partial charge < -0.3 is 19.3 Å². The maximum Gasteiger partial charge on any atom is 0.306 e. The van der Waals surface area contributed by atoms with Gasteiger partial charge in [0.1, 0.15) is 12.4 Å². The molecule has 0 amide bonds. The molecule has 22 heavy (non-hydrogen) atoms. The van der Waals surface area contributed by atoms with Gasteiger partial charge in [0.15, 0.2) is 0 Å². The fourth-order valence-corrected chi connectivity index (χ4v) is 1.80. The molecule has 0 saturated heterocycles. The first-order valence-electron chi connectivity index (χ1n) is 7.43. The smallest absolute Gasteiger partial charge is 0.306 e. The number of carbonyl (C=O) groups is 1. The summed E-state index contributed by atoms with van der Waals surface area (Å²) in [5.74, 6) is -0.615. The summed E-state index contributed by atoms with van der Waals surface area (Å²) in [6.07, 6.45) is 0.131. The number of aliphatic hydroxyl groups is 1. The van der Waals surface area contributed by atoms with Crippen LogP contribution in [0, 0.1) is 5.92 Å². The lowest BCUT2D eigenvalue weighted by molar-refractivity contribution is -0.157. The van der Waals surface area contributed by atoms with Gasteiger partial charge in [-0.1, -0.05) is 30.3 Å². The number of hydrogen-bond donors (Lipinski definition) is 1. The average molecular weight is 310 g/mol. The summed E-state index contributed by atoms with van der Waals surface area (Å²) in [4.78, 5) is 11.7. The molecule has 0 heterocycles. The Morgan fingerprint density at radius 2 is 1.86 bits per heavy atom. The monoisotopic (exact) mass is 310 g/mol. The molecule has 0 unspecified atom stereocenters. The van der Waals surface area contributed by atoms with Crippen molar-refractivity contribution in [3.63, 3.8) is 0 Å². The Balaban J connectivity index is 2.17. The Morgan fingerprint density at radius 1 is 1.18 bits per heavy atom. The minimum absolute atomic E-state index is 0.125. The second kappa shape index (κ2) is 9.56. The van der Waals surface area contributed by atoms with Crippen LogP contribution in [0.5, 0.6) is 0 Å². The lowest BCUT2D eigenvalue weighted by atomic mass is 10.1. The van der Waals surface area contributed by atoms with Crippen LogP contribution in [0.4, 0.5) is 0 Å². The maximum absolute atomic E-state index is 11.7. The Bertz CT molecular complexity index is 424. The van der Waals surface area contributed by atoms with E-state index in [1.165, 1.54) is 0 Å². The number of rotatable bonds is 9. The number of hydrogen-bond acceptors (Lipinski definition) is 5. The molecule has 0 aliphatic rings. The lowest BCUT2D eigenvalue weighted by Gasteiger charge is -2.21. The third-order valence-electron chi connectivity index (χ3n) is 2.77. The van der Waals surface area contributed by atoms with Gasteiger partial charge in [0.25, 0.3) is 0 Å². The summed E-state index contributed by atoms with van der Waals surface area (Å²) in [7, 11) is 0. The molecule has 0 aliphatic carbocycles. The highest BCUT2D eigenvalue weighted by Gasteiger charge is 2.20. The number of esters is 1. The van der Waals surface area contributed by atoms with E-state index in [0.29, 0.717) is 6.61 Å². The van der Waals surface area contributed by atoms with E-state index in [9.17, 15) is 9.90 Å². The van der Waals surface area contributed by atoms with E-state index in [-0.39, 0.29) is 38.3 Å². The Hall–Kier alpha value is -1.43. The van der Waals surface area contributed by atoms with Crippen LogP contribution in [-0.2, 0) is 25.6 Å². The summed E-state index contributed by atoms with van der Waals surface area (Å²) >= 11 is 0. The normalized spacial score (nSPS) is 12.9. The zero-order valence-corrected chi connectivity index (χ0v) is 13.6. The third kappa shape index (κ3) is 8.77. The van der Waals surface area contributed by atoms with Gasteiger partial charge in [-0.15, -0.1) is 0 Å². The van der Waals surface area contributed by atoms with Crippen molar-refractivity contribution in [2.75, 3.05) is 20.0 Å². The van der Waals surface area contributed by atoms with E-state index in [1.54, 1.807) is 0 Å². The number of benzene rings is 1. The van der Waals surface area contributed by atoms with Crippen LogP contribution in [-0.4, -0.2) is 36.7 Å². The first kappa shape index (κ1) is 18.6. The van der Waals surface area contributed by atoms with Crippen molar-refractivity contribution in [3.8, 4) is 0 Å². The number of ether oxygens (including phenoxy) is 3. The summed E-state index contributed by atoms with van der Waals surface area (Å²) in [5, 5.41) is 9.28. The summed E-state index contributed by atoms with van der Waals surface area (Å²) in [6, 6.07) is 9.78.